The molecule has 0 unspecified atom stereocenters. The molecule has 0 fully saturated rings. The molecule has 1 aromatic heterocycles. The number of nitrogens with one attached hydrogen (secondary N) is 1. The average molecular weight is 187 g/mol. The van der Waals surface area contributed by atoms with E-state index in [2.05, 4.69) is 10.4 Å². The van der Waals surface area contributed by atoms with Crippen molar-refractivity contribution in [2.24, 2.45) is 0 Å². The fraction of sp³-hybridized carbons (Fsp3) is 0.571. The Balaban J connectivity index is 2.45. The Morgan fingerprint density at radius 2 is 2.31 bits per heavy atom. The molecule has 13 heavy (non-hydrogen) atoms. The highest BCUT2D eigenvalue weighted by atomic mass is 16.7. The predicted octanol–water partition coefficient (Wildman–Crippen LogP) is -1.29. The van der Waals surface area contributed by atoms with Crippen molar-refractivity contribution in [1.29, 1.82) is 0 Å². The molecule has 6 nitrogen and oxygen atoms in total. The summed E-state index contributed by atoms with van der Waals surface area (Å²) in [4.78, 5) is 6.30. The standard InChI is InChI=1S/C7H13N3O3/c11-4-3-8-7-1-2-9-10(7)13-6-5-12/h1-2,8,11-12H,3-6H2. The van der Waals surface area contributed by atoms with Crippen LogP contribution in [0, 0.1) is 0 Å². The molecule has 3 N–H and O–H groups in total. The summed E-state index contributed by atoms with van der Waals surface area (Å²) in [5, 5.41) is 23.8. The highest BCUT2D eigenvalue weighted by molar-refractivity contribution is 5.32. The Labute approximate surface area is 75.7 Å². The summed E-state index contributed by atoms with van der Waals surface area (Å²) in [5.74, 6) is 0.655. The quantitative estimate of drug-likeness (QED) is 0.516. The number of hydrogen-bond donors (Lipinski definition) is 3. The molecule has 1 rings (SSSR count). The fourth-order valence-electron chi connectivity index (χ4n) is 0.831. The lowest BCUT2D eigenvalue weighted by molar-refractivity contribution is 0.0574. The minimum atomic E-state index is -0.0562. The first kappa shape index (κ1) is 9.82. The summed E-state index contributed by atoms with van der Waals surface area (Å²) in [5.41, 5.74) is 0. The van der Waals surface area contributed by atoms with Crippen molar-refractivity contribution in [1.82, 2.24) is 9.94 Å². The van der Waals surface area contributed by atoms with Gasteiger partial charge in [-0.1, -0.05) is 4.85 Å². The first-order chi connectivity index (χ1) is 6.38. The molecule has 74 valence electrons. The van der Waals surface area contributed by atoms with E-state index in [-0.39, 0.29) is 19.8 Å². The van der Waals surface area contributed by atoms with Gasteiger partial charge in [0.25, 0.3) is 0 Å². The van der Waals surface area contributed by atoms with E-state index in [0.29, 0.717) is 12.4 Å². The minimum absolute atomic E-state index is 0.0468. The van der Waals surface area contributed by atoms with Crippen molar-refractivity contribution >= 4 is 5.82 Å². The largest absolute Gasteiger partial charge is 0.395 e. The van der Waals surface area contributed by atoms with Crippen LogP contribution in [0.2, 0.25) is 0 Å². The van der Waals surface area contributed by atoms with Crippen molar-refractivity contribution in [3.63, 3.8) is 0 Å². The molecule has 6 heteroatoms. The lowest BCUT2D eigenvalue weighted by atomic mass is 10.6. The predicted molar refractivity (Wildman–Crippen MR) is 46.3 cm³/mol. The second kappa shape index (κ2) is 5.39. The van der Waals surface area contributed by atoms with Crippen molar-refractivity contribution in [2.75, 3.05) is 31.7 Å². The highest BCUT2D eigenvalue weighted by Gasteiger charge is 2.00. The third-order valence-electron chi connectivity index (χ3n) is 1.33. The van der Waals surface area contributed by atoms with Gasteiger partial charge < -0.3 is 20.4 Å². The molecule has 0 atom stereocenters. The van der Waals surface area contributed by atoms with Gasteiger partial charge in [0, 0.05) is 12.6 Å². The van der Waals surface area contributed by atoms with E-state index in [4.69, 9.17) is 15.1 Å². The van der Waals surface area contributed by atoms with Gasteiger partial charge in [-0.05, 0) is 0 Å². The number of aliphatic hydroxyl groups is 2. The number of anilines is 1. The Bertz CT molecular complexity index is 216. The number of hydrogen-bond acceptors (Lipinski definition) is 5. The monoisotopic (exact) mass is 187 g/mol. The maximum absolute atomic E-state index is 8.56. The van der Waals surface area contributed by atoms with Crippen LogP contribution >= 0.6 is 0 Å². The first-order valence-corrected chi connectivity index (χ1v) is 4.01. The van der Waals surface area contributed by atoms with Gasteiger partial charge in [0.1, 0.15) is 6.61 Å². The lowest BCUT2D eigenvalue weighted by Crippen LogP contribution is -2.20. The molecule has 0 amide bonds. The average Bonchev–Trinajstić information content (AvgIpc) is 2.59. The van der Waals surface area contributed by atoms with Crippen molar-refractivity contribution in [3.05, 3.63) is 12.3 Å². The van der Waals surface area contributed by atoms with E-state index < -0.39 is 0 Å². The van der Waals surface area contributed by atoms with Crippen molar-refractivity contribution < 1.29 is 15.1 Å². The van der Waals surface area contributed by atoms with E-state index in [9.17, 15) is 0 Å². The van der Waals surface area contributed by atoms with Gasteiger partial charge in [0.15, 0.2) is 5.82 Å². The van der Waals surface area contributed by atoms with Crippen molar-refractivity contribution in [3.8, 4) is 0 Å². The third kappa shape index (κ3) is 2.92. The van der Waals surface area contributed by atoms with Crippen LogP contribution in [0.5, 0.6) is 0 Å². The van der Waals surface area contributed by atoms with Gasteiger partial charge in [-0.15, -0.1) is 5.10 Å². The molecule has 0 radical (unpaired) electrons. The number of aromatic nitrogens is 2. The van der Waals surface area contributed by atoms with Crippen LogP contribution in [-0.4, -0.2) is 46.5 Å². The zero-order chi connectivity index (χ0) is 9.52. The van der Waals surface area contributed by atoms with Gasteiger partial charge >= 0.3 is 0 Å². The zero-order valence-electron chi connectivity index (χ0n) is 7.18. The summed E-state index contributed by atoms with van der Waals surface area (Å²) >= 11 is 0. The van der Waals surface area contributed by atoms with Crippen molar-refractivity contribution in [2.45, 2.75) is 0 Å². The van der Waals surface area contributed by atoms with Crippen LogP contribution < -0.4 is 10.2 Å². The second-order valence-corrected chi connectivity index (χ2v) is 2.30. The molecule has 1 aromatic rings. The first-order valence-electron chi connectivity index (χ1n) is 4.01. The van der Waals surface area contributed by atoms with Gasteiger partial charge in [-0.25, -0.2) is 0 Å². The molecule has 0 aliphatic heterocycles. The summed E-state index contributed by atoms with van der Waals surface area (Å²) in [6.07, 6.45) is 1.57. The summed E-state index contributed by atoms with van der Waals surface area (Å²) in [7, 11) is 0. The minimum Gasteiger partial charge on any atom is -0.395 e. The molecule has 0 bridgehead atoms. The second-order valence-electron chi connectivity index (χ2n) is 2.30. The van der Waals surface area contributed by atoms with Crippen LogP contribution in [0.25, 0.3) is 0 Å². The van der Waals surface area contributed by atoms with E-state index in [1.807, 2.05) is 0 Å². The molecule has 0 aliphatic rings. The molecule has 0 aliphatic carbocycles. The van der Waals surface area contributed by atoms with E-state index >= 15 is 0 Å². The summed E-state index contributed by atoms with van der Waals surface area (Å²) < 4.78 is 0. The Morgan fingerprint density at radius 1 is 1.46 bits per heavy atom. The Morgan fingerprint density at radius 3 is 3.00 bits per heavy atom. The van der Waals surface area contributed by atoms with Crippen LogP contribution in [0.4, 0.5) is 5.82 Å². The number of aliphatic hydroxyl groups excluding tert-OH is 2. The molecule has 0 aromatic carbocycles. The summed E-state index contributed by atoms with van der Waals surface area (Å²) in [6.45, 7) is 0.619. The van der Waals surface area contributed by atoms with E-state index in [1.165, 1.54) is 4.85 Å². The number of rotatable bonds is 6. The lowest BCUT2D eigenvalue weighted by Gasteiger charge is -2.08. The van der Waals surface area contributed by atoms with Crippen LogP contribution in [0.15, 0.2) is 12.3 Å². The number of nitrogens with zero attached hydrogens (tertiary/aromatic N) is 2. The molecule has 0 spiro atoms. The SMILES string of the molecule is OCCNc1ccnn1OCCO. The van der Waals surface area contributed by atoms with Gasteiger partial charge in [-0.3, -0.25) is 0 Å². The Hall–Kier alpha value is -1.27. The highest BCUT2D eigenvalue weighted by Crippen LogP contribution is 2.02. The van der Waals surface area contributed by atoms with Crippen LogP contribution in [0.3, 0.4) is 0 Å². The van der Waals surface area contributed by atoms with Gasteiger partial charge in [0.2, 0.25) is 0 Å². The smallest absolute Gasteiger partial charge is 0.165 e. The van der Waals surface area contributed by atoms with E-state index in [1.54, 1.807) is 12.3 Å². The molecule has 0 saturated heterocycles. The maximum atomic E-state index is 8.56. The summed E-state index contributed by atoms with van der Waals surface area (Å²) in [6, 6.07) is 1.72. The van der Waals surface area contributed by atoms with E-state index in [0.717, 1.165) is 0 Å². The molecule has 0 saturated carbocycles. The molecule has 1 heterocycles. The maximum Gasteiger partial charge on any atom is 0.165 e. The topological polar surface area (TPSA) is 79.5 Å². The van der Waals surface area contributed by atoms with Crippen LogP contribution in [-0.2, 0) is 0 Å². The molecular weight excluding hydrogens is 174 g/mol. The Kier molecular flexibility index (Phi) is 4.07. The zero-order valence-corrected chi connectivity index (χ0v) is 7.18. The van der Waals surface area contributed by atoms with Gasteiger partial charge in [0.05, 0.1) is 19.4 Å². The normalized spacial score (nSPS) is 10.0. The van der Waals surface area contributed by atoms with Gasteiger partial charge in [-0.2, -0.15) is 0 Å². The fourth-order valence-corrected chi connectivity index (χ4v) is 0.831. The molecular formula is C7H13N3O3. The van der Waals surface area contributed by atoms with Crippen LogP contribution in [0.1, 0.15) is 0 Å². The third-order valence-corrected chi connectivity index (χ3v) is 1.33.